The SMILES string of the molecule is O=C(N1CCc2ccccc21)C1(O)CCSCC1. The van der Waals surface area contributed by atoms with E-state index in [4.69, 9.17) is 0 Å². The van der Waals surface area contributed by atoms with Crippen LogP contribution < -0.4 is 4.90 Å². The third-order valence-electron chi connectivity index (χ3n) is 3.85. The molecular formula is C14H17NO2S. The largest absolute Gasteiger partial charge is 0.380 e. The minimum absolute atomic E-state index is 0.104. The number of carbonyl (C=O) groups excluding carboxylic acids is 1. The Morgan fingerprint density at radius 1 is 1.28 bits per heavy atom. The summed E-state index contributed by atoms with van der Waals surface area (Å²) in [5, 5.41) is 10.5. The number of hydrogen-bond donors (Lipinski definition) is 1. The molecule has 2 heterocycles. The van der Waals surface area contributed by atoms with Crippen molar-refractivity contribution in [2.45, 2.75) is 24.9 Å². The van der Waals surface area contributed by atoms with Gasteiger partial charge in [-0.1, -0.05) is 18.2 Å². The summed E-state index contributed by atoms with van der Waals surface area (Å²) in [6, 6.07) is 7.98. The highest BCUT2D eigenvalue weighted by atomic mass is 32.2. The van der Waals surface area contributed by atoms with Crippen LogP contribution in [0.15, 0.2) is 24.3 Å². The van der Waals surface area contributed by atoms with E-state index in [1.54, 1.807) is 4.90 Å². The molecule has 2 aliphatic heterocycles. The topological polar surface area (TPSA) is 40.5 Å². The van der Waals surface area contributed by atoms with E-state index in [9.17, 15) is 9.90 Å². The van der Waals surface area contributed by atoms with Crippen LogP contribution in [0.3, 0.4) is 0 Å². The summed E-state index contributed by atoms with van der Waals surface area (Å²) in [4.78, 5) is 14.3. The number of anilines is 1. The summed E-state index contributed by atoms with van der Waals surface area (Å²) in [5.41, 5.74) is 1.05. The maximum Gasteiger partial charge on any atom is 0.259 e. The zero-order chi connectivity index (χ0) is 12.6. The molecule has 1 fully saturated rings. The normalized spacial score (nSPS) is 21.7. The molecular weight excluding hydrogens is 246 g/mol. The molecule has 18 heavy (non-hydrogen) atoms. The molecule has 0 aliphatic carbocycles. The Bertz CT molecular complexity index is 469. The van der Waals surface area contributed by atoms with Crippen LogP contribution in [0.4, 0.5) is 5.69 Å². The zero-order valence-corrected chi connectivity index (χ0v) is 11.1. The third-order valence-corrected chi connectivity index (χ3v) is 4.84. The van der Waals surface area contributed by atoms with E-state index < -0.39 is 5.60 Å². The first kappa shape index (κ1) is 12.1. The van der Waals surface area contributed by atoms with Gasteiger partial charge in [0.15, 0.2) is 0 Å². The second kappa shape index (κ2) is 4.59. The molecule has 96 valence electrons. The monoisotopic (exact) mass is 263 g/mol. The number of fused-ring (bicyclic) bond motifs is 1. The van der Waals surface area contributed by atoms with Gasteiger partial charge in [-0.05, 0) is 42.4 Å². The number of rotatable bonds is 1. The molecule has 0 spiro atoms. The van der Waals surface area contributed by atoms with Crippen molar-refractivity contribution in [1.82, 2.24) is 0 Å². The lowest BCUT2D eigenvalue weighted by molar-refractivity contribution is -0.137. The van der Waals surface area contributed by atoms with Crippen LogP contribution in [0.1, 0.15) is 18.4 Å². The van der Waals surface area contributed by atoms with Gasteiger partial charge in [0.1, 0.15) is 5.60 Å². The molecule has 1 amide bonds. The number of aliphatic hydroxyl groups is 1. The van der Waals surface area contributed by atoms with Crippen molar-refractivity contribution in [3.8, 4) is 0 Å². The highest BCUT2D eigenvalue weighted by Crippen LogP contribution is 2.34. The first-order valence-electron chi connectivity index (χ1n) is 6.41. The van der Waals surface area contributed by atoms with Crippen LogP contribution in [-0.4, -0.2) is 34.7 Å². The van der Waals surface area contributed by atoms with E-state index in [1.807, 2.05) is 30.0 Å². The number of hydrogen-bond acceptors (Lipinski definition) is 3. The number of carbonyl (C=O) groups is 1. The Morgan fingerprint density at radius 2 is 2.00 bits per heavy atom. The van der Waals surface area contributed by atoms with E-state index in [0.29, 0.717) is 19.4 Å². The first-order chi connectivity index (χ1) is 8.71. The maximum absolute atomic E-state index is 12.6. The quantitative estimate of drug-likeness (QED) is 0.840. The van der Waals surface area contributed by atoms with Crippen molar-refractivity contribution < 1.29 is 9.90 Å². The summed E-state index contributed by atoms with van der Waals surface area (Å²) in [5.74, 6) is 1.64. The second-order valence-electron chi connectivity index (χ2n) is 4.98. The van der Waals surface area contributed by atoms with Gasteiger partial charge >= 0.3 is 0 Å². The van der Waals surface area contributed by atoms with Crippen molar-refractivity contribution in [3.05, 3.63) is 29.8 Å². The van der Waals surface area contributed by atoms with E-state index in [2.05, 4.69) is 6.07 Å². The Kier molecular flexibility index (Phi) is 3.08. The van der Waals surface area contributed by atoms with Crippen molar-refractivity contribution >= 4 is 23.4 Å². The van der Waals surface area contributed by atoms with Crippen LogP contribution in [-0.2, 0) is 11.2 Å². The van der Waals surface area contributed by atoms with Gasteiger partial charge in [0.05, 0.1) is 0 Å². The molecule has 1 saturated heterocycles. The molecule has 1 N–H and O–H groups in total. The van der Waals surface area contributed by atoms with Crippen LogP contribution in [0.2, 0.25) is 0 Å². The standard InChI is InChI=1S/C14H17NO2S/c16-13(14(17)6-9-18-10-7-14)15-8-5-11-3-1-2-4-12(11)15/h1-4,17H,5-10H2. The van der Waals surface area contributed by atoms with Gasteiger partial charge in [0, 0.05) is 12.2 Å². The molecule has 0 aromatic heterocycles. The molecule has 3 nitrogen and oxygen atoms in total. The molecule has 0 unspecified atom stereocenters. The lowest BCUT2D eigenvalue weighted by atomic mass is 9.95. The smallest absolute Gasteiger partial charge is 0.259 e. The highest BCUT2D eigenvalue weighted by molar-refractivity contribution is 7.99. The fourth-order valence-electron chi connectivity index (χ4n) is 2.72. The van der Waals surface area contributed by atoms with Gasteiger partial charge in [0.2, 0.25) is 0 Å². The molecule has 1 aromatic carbocycles. The number of thioether (sulfide) groups is 1. The molecule has 3 rings (SSSR count). The number of nitrogens with zero attached hydrogens (tertiary/aromatic N) is 1. The Balaban J connectivity index is 1.86. The minimum atomic E-state index is -1.14. The molecule has 0 saturated carbocycles. The van der Waals surface area contributed by atoms with E-state index in [1.165, 1.54) is 5.56 Å². The molecule has 4 heteroatoms. The van der Waals surface area contributed by atoms with Gasteiger partial charge in [-0.15, -0.1) is 0 Å². The predicted molar refractivity (Wildman–Crippen MR) is 74.0 cm³/mol. The summed E-state index contributed by atoms with van der Waals surface area (Å²) >= 11 is 1.81. The van der Waals surface area contributed by atoms with Gasteiger partial charge in [-0.3, -0.25) is 4.79 Å². The van der Waals surface area contributed by atoms with Gasteiger partial charge in [0.25, 0.3) is 5.91 Å². The fraction of sp³-hybridized carbons (Fsp3) is 0.500. The minimum Gasteiger partial charge on any atom is -0.380 e. The molecule has 2 aliphatic rings. The van der Waals surface area contributed by atoms with Crippen LogP contribution >= 0.6 is 11.8 Å². The Labute approximate surface area is 111 Å². The molecule has 0 radical (unpaired) electrons. The van der Waals surface area contributed by atoms with Crippen LogP contribution in [0, 0.1) is 0 Å². The fourth-order valence-corrected chi connectivity index (χ4v) is 3.89. The average Bonchev–Trinajstić information content (AvgIpc) is 2.82. The summed E-state index contributed by atoms with van der Waals surface area (Å²) in [7, 11) is 0. The second-order valence-corrected chi connectivity index (χ2v) is 6.20. The third kappa shape index (κ3) is 1.93. The van der Waals surface area contributed by atoms with Crippen molar-refractivity contribution in [3.63, 3.8) is 0 Å². The van der Waals surface area contributed by atoms with Crippen molar-refractivity contribution in [2.75, 3.05) is 23.0 Å². The van der Waals surface area contributed by atoms with E-state index in [0.717, 1.165) is 23.6 Å². The van der Waals surface area contributed by atoms with Crippen molar-refractivity contribution in [2.24, 2.45) is 0 Å². The lowest BCUT2D eigenvalue weighted by Crippen LogP contribution is -2.50. The summed E-state index contributed by atoms with van der Waals surface area (Å²) in [6.45, 7) is 0.702. The first-order valence-corrected chi connectivity index (χ1v) is 7.56. The molecule has 1 aromatic rings. The molecule has 0 atom stereocenters. The van der Waals surface area contributed by atoms with E-state index in [-0.39, 0.29) is 5.91 Å². The van der Waals surface area contributed by atoms with Crippen LogP contribution in [0.25, 0.3) is 0 Å². The Morgan fingerprint density at radius 3 is 2.78 bits per heavy atom. The number of amides is 1. The average molecular weight is 263 g/mol. The zero-order valence-electron chi connectivity index (χ0n) is 10.3. The van der Waals surface area contributed by atoms with Gasteiger partial charge in [-0.2, -0.15) is 11.8 Å². The highest BCUT2D eigenvalue weighted by Gasteiger charge is 2.42. The summed E-state index contributed by atoms with van der Waals surface area (Å²) < 4.78 is 0. The van der Waals surface area contributed by atoms with Crippen LogP contribution in [0.5, 0.6) is 0 Å². The van der Waals surface area contributed by atoms with Gasteiger partial charge < -0.3 is 10.0 Å². The lowest BCUT2D eigenvalue weighted by Gasteiger charge is -2.34. The Hall–Kier alpha value is -1.00. The number of para-hydroxylation sites is 1. The predicted octanol–water partition coefficient (Wildman–Crippen LogP) is 1.83. The van der Waals surface area contributed by atoms with Crippen molar-refractivity contribution in [1.29, 1.82) is 0 Å². The van der Waals surface area contributed by atoms with Gasteiger partial charge in [-0.25, -0.2) is 0 Å². The number of benzene rings is 1. The molecule has 0 bridgehead atoms. The van der Waals surface area contributed by atoms with E-state index >= 15 is 0 Å². The summed E-state index contributed by atoms with van der Waals surface area (Å²) in [6.07, 6.45) is 2.05. The maximum atomic E-state index is 12.6.